The second kappa shape index (κ2) is 6.40. The highest BCUT2D eigenvalue weighted by molar-refractivity contribution is 5.95. The van der Waals surface area contributed by atoms with Crippen molar-refractivity contribution in [3.8, 4) is 0 Å². The number of amides is 2. The van der Waals surface area contributed by atoms with Crippen LogP contribution in [0.25, 0.3) is 0 Å². The minimum absolute atomic E-state index is 0.0545. The van der Waals surface area contributed by atoms with Gasteiger partial charge in [-0.3, -0.25) is 9.59 Å². The van der Waals surface area contributed by atoms with E-state index in [2.05, 4.69) is 15.4 Å². The lowest BCUT2D eigenvalue weighted by atomic mass is 10.1. The summed E-state index contributed by atoms with van der Waals surface area (Å²) in [5.41, 5.74) is 1.01. The summed E-state index contributed by atoms with van der Waals surface area (Å²) in [6.45, 7) is 0.463. The van der Waals surface area contributed by atoms with E-state index in [1.165, 1.54) is 18.1 Å². The van der Waals surface area contributed by atoms with Crippen molar-refractivity contribution in [1.29, 1.82) is 0 Å². The van der Waals surface area contributed by atoms with Crippen LogP contribution in [-0.2, 0) is 11.3 Å². The summed E-state index contributed by atoms with van der Waals surface area (Å²) in [5, 5.41) is 6.72. The molecule has 1 aromatic heterocycles. The summed E-state index contributed by atoms with van der Waals surface area (Å²) < 4.78 is 28.8. The number of rotatable bonds is 4. The quantitative estimate of drug-likeness (QED) is 0.874. The molecule has 2 aromatic rings. The molecular formula is C18H19F2N5O2. The number of alkyl halides is 2. The van der Waals surface area contributed by atoms with Crippen LogP contribution in [0.5, 0.6) is 0 Å². The zero-order chi connectivity index (χ0) is 19.2. The van der Waals surface area contributed by atoms with Crippen molar-refractivity contribution in [3.63, 3.8) is 0 Å². The van der Waals surface area contributed by atoms with Crippen molar-refractivity contribution >= 4 is 11.8 Å². The maximum absolute atomic E-state index is 13.6. The average molecular weight is 375 g/mol. The van der Waals surface area contributed by atoms with E-state index in [0.717, 1.165) is 10.5 Å². The Morgan fingerprint density at radius 1 is 1.30 bits per heavy atom. The molecule has 1 N–H and O–H groups in total. The SMILES string of the molecule is CN1C(=O)[C@@H](NC(=O)c2ncn(Cc3ccccc3)n2)CC[C@H]2C1C2(F)F. The molecule has 1 unspecified atom stereocenters. The van der Waals surface area contributed by atoms with Gasteiger partial charge in [0, 0.05) is 7.05 Å². The first kappa shape index (κ1) is 17.6. The number of carbonyl (C=O) groups is 2. The number of halogens is 2. The first-order valence-corrected chi connectivity index (χ1v) is 8.76. The van der Waals surface area contributed by atoms with Crippen molar-refractivity contribution in [1.82, 2.24) is 25.0 Å². The molecule has 0 radical (unpaired) electrons. The zero-order valence-electron chi connectivity index (χ0n) is 14.7. The Morgan fingerprint density at radius 3 is 2.78 bits per heavy atom. The Labute approximate surface area is 154 Å². The highest BCUT2D eigenvalue weighted by Crippen LogP contribution is 2.55. The molecule has 2 fully saturated rings. The van der Waals surface area contributed by atoms with Gasteiger partial charge in [0.25, 0.3) is 11.8 Å². The average Bonchev–Trinajstić information content (AvgIpc) is 2.99. The predicted molar refractivity (Wildman–Crippen MR) is 91.0 cm³/mol. The molecule has 1 aromatic carbocycles. The first-order chi connectivity index (χ1) is 12.9. The van der Waals surface area contributed by atoms with Crippen LogP contribution in [-0.4, -0.2) is 56.5 Å². The van der Waals surface area contributed by atoms with E-state index in [4.69, 9.17) is 0 Å². The summed E-state index contributed by atoms with van der Waals surface area (Å²) in [6, 6.07) is 7.68. The van der Waals surface area contributed by atoms with E-state index in [9.17, 15) is 18.4 Å². The number of nitrogens with one attached hydrogen (secondary N) is 1. The van der Waals surface area contributed by atoms with Gasteiger partial charge in [0.15, 0.2) is 0 Å². The van der Waals surface area contributed by atoms with Crippen LogP contribution in [0.1, 0.15) is 29.0 Å². The van der Waals surface area contributed by atoms with Crippen molar-refractivity contribution in [3.05, 3.63) is 48.0 Å². The Morgan fingerprint density at radius 2 is 2.04 bits per heavy atom. The summed E-state index contributed by atoms with van der Waals surface area (Å²) in [4.78, 5) is 29.9. The highest BCUT2D eigenvalue weighted by atomic mass is 19.3. The van der Waals surface area contributed by atoms with E-state index in [1.807, 2.05) is 30.3 Å². The maximum Gasteiger partial charge on any atom is 0.291 e. The first-order valence-electron chi connectivity index (χ1n) is 8.76. The summed E-state index contributed by atoms with van der Waals surface area (Å²) in [6.07, 6.45) is 1.81. The fourth-order valence-corrected chi connectivity index (χ4v) is 3.71. The Bertz CT molecular complexity index is 870. The van der Waals surface area contributed by atoms with Crippen molar-refractivity contribution in [2.45, 2.75) is 37.4 Å². The summed E-state index contributed by atoms with van der Waals surface area (Å²) in [5.74, 6) is -4.79. The number of nitrogens with zero attached hydrogens (tertiary/aromatic N) is 4. The lowest BCUT2D eigenvalue weighted by molar-refractivity contribution is -0.133. The van der Waals surface area contributed by atoms with Gasteiger partial charge in [0.05, 0.1) is 12.5 Å². The number of fused-ring (bicyclic) bond motifs is 1. The Hall–Kier alpha value is -2.84. The molecule has 1 aliphatic carbocycles. The molecule has 2 aliphatic rings. The fraction of sp³-hybridized carbons (Fsp3) is 0.444. The van der Waals surface area contributed by atoms with Gasteiger partial charge >= 0.3 is 0 Å². The van der Waals surface area contributed by atoms with E-state index in [1.54, 1.807) is 0 Å². The predicted octanol–water partition coefficient (Wildman–Crippen LogP) is 1.31. The largest absolute Gasteiger partial charge is 0.337 e. The van der Waals surface area contributed by atoms with E-state index in [0.29, 0.717) is 6.54 Å². The van der Waals surface area contributed by atoms with Gasteiger partial charge in [-0.25, -0.2) is 18.4 Å². The highest BCUT2D eigenvalue weighted by Gasteiger charge is 2.71. The number of benzene rings is 1. The van der Waals surface area contributed by atoms with Gasteiger partial charge in [-0.2, -0.15) is 0 Å². The lowest BCUT2D eigenvalue weighted by Gasteiger charge is -2.22. The lowest BCUT2D eigenvalue weighted by Crippen LogP contribution is -2.48. The van der Waals surface area contributed by atoms with Gasteiger partial charge in [0.2, 0.25) is 11.7 Å². The van der Waals surface area contributed by atoms with Crippen molar-refractivity contribution in [2.75, 3.05) is 7.05 Å². The summed E-state index contributed by atoms with van der Waals surface area (Å²) >= 11 is 0. The number of likely N-dealkylation sites (N-methyl/N-ethyl adjacent to an activating group) is 1. The second-order valence-electron chi connectivity index (χ2n) is 7.03. The molecule has 3 atom stereocenters. The molecule has 0 bridgehead atoms. The molecule has 1 saturated heterocycles. The molecule has 1 aliphatic heterocycles. The molecule has 27 heavy (non-hydrogen) atoms. The van der Waals surface area contributed by atoms with E-state index >= 15 is 0 Å². The van der Waals surface area contributed by atoms with Crippen LogP contribution in [0.4, 0.5) is 8.78 Å². The van der Waals surface area contributed by atoms with Crippen LogP contribution in [0.2, 0.25) is 0 Å². The van der Waals surface area contributed by atoms with Crippen LogP contribution in [0.3, 0.4) is 0 Å². The smallest absolute Gasteiger partial charge is 0.291 e. The molecule has 2 heterocycles. The molecule has 4 rings (SSSR count). The molecule has 7 nitrogen and oxygen atoms in total. The maximum atomic E-state index is 13.6. The summed E-state index contributed by atoms with van der Waals surface area (Å²) in [7, 11) is 1.36. The number of hydrogen-bond donors (Lipinski definition) is 1. The molecule has 2 amide bonds. The topological polar surface area (TPSA) is 80.1 Å². The fourth-order valence-electron chi connectivity index (χ4n) is 3.71. The number of likely N-dealkylation sites (tertiary alicyclic amines) is 1. The minimum atomic E-state index is -2.82. The van der Waals surface area contributed by atoms with Crippen LogP contribution < -0.4 is 5.32 Å². The second-order valence-corrected chi connectivity index (χ2v) is 7.03. The van der Waals surface area contributed by atoms with Crippen LogP contribution >= 0.6 is 0 Å². The van der Waals surface area contributed by atoms with Crippen molar-refractivity contribution in [2.24, 2.45) is 5.92 Å². The third kappa shape index (κ3) is 3.17. The number of hydrogen-bond acceptors (Lipinski definition) is 4. The van der Waals surface area contributed by atoms with E-state index in [-0.39, 0.29) is 18.7 Å². The zero-order valence-corrected chi connectivity index (χ0v) is 14.7. The van der Waals surface area contributed by atoms with Gasteiger partial charge < -0.3 is 10.2 Å². The van der Waals surface area contributed by atoms with Gasteiger partial charge in [-0.05, 0) is 18.4 Å². The molecular weight excluding hydrogens is 356 g/mol. The van der Waals surface area contributed by atoms with Gasteiger partial charge in [-0.15, -0.1) is 5.10 Å². The minimum Gasteiger partial charge on any atom is -0.337 e. The van der Waals surface area contributed by atoms with E-state index < -0.39 is 35.7 Å². The standard InChI is InChI=1S/C18H19F2N5O2/c1-24-14-12(18(14,19)20)7-8-13(17(24)27)22-16(26)15-21-10-25(23-15)9-11-5-3-2-4-6-11/h2-6,10,12-14H,7-9H2,1H3,(H,22,26)/t12-,13-,14?/m0/s1. The van der Waals surface area contributed by atoms with Gasteiger partial charge in [-0.1, -0.05) is 30.3 Å². The monoisotopic (exact) mass is 375 g/mol. The number of carbonyl (C=O) groups excluding carboxylic acids is 2. The molecule has 0 spiro atoms. The van der Waals surface area contributed by atoms with Crippen molar-refractivity contribution < 1.29 is 18.4 Å². The third-order valence-corrected chi connectivity index (χ3v) is 5.22. The molecule has 1 saturated carbocycles. The van der Waals surface area contributed by atoms with Gasteiger partial charge in [0.1, 0.15) is 18.4 Å². The van der Waals surface area contributed by atoms with Crippen LogP contribution in [0.15, 0.2) is 36.7 Å². The normalized spacial score (nSPS) is 26.3. The Balaban J connectivity index is 1.40. The molecule has 9 heteroatoms. The van der Waals surface area contributed by atoms with Crippen LogP contribution in [0, 0.1) is 5.92 Å². The Kier molecular flexibility index (Phi) is 4.16. The number of aromatic nitrogens is 3. The molecule has 142 valence electrons. The third-order valence-electron chi connectivity index (χ3n) is 5.22.